The normalized spacial score (nSPS) is 10.5. The number of nitrogens with one attached hydrogen (secondary N) is 1. The lowest BCUT2D eigenvalue weighted by Gasteiger charge is -2.02. The lowest BCUT2D eigenvalue weighted by Crippen LogP contribution is -2.23. The first-order chi connectivity index (χ1) is 12.1. The van der Waals surface area contributed by atoms with E-state index in [-0.39, 0.29) is 18.3 Å². The second-order valence-corrected chi connectivity index (χ2v) is 5.32. The summed E-state index contributed by atoms with van der Waals surface area (Å²) >= 11 is 0. The maximum atomic E-state index is 12.3. The van der Waals surface area contributed by atoms with Gasteiger partial charge in [0.15, 0.2) is 5.76 Å². The number of ether oxygens (including phenoxy) is 2. The molecule has 0 radical (unpaired) electrons. The number of hydrogen-bond acceptors (Lipinski definition) is 6. The van der Waals surface area contributed by atoms with Crippen LogP contribution in [0.1, 0.15) is 16.1 Å². The number of aromatic nitrogens is 3. The number of benzene rings is 1. The molecular formula is C17H18N4O4. The molecule has 130 valence electrons. The largest absolute Gasteiger partial charge is 0.497 e. The molecule has 2 aromatic heterocycles. The average molecular weight is 342 g/mol. The van der Waals surface area contributed by atoms with Crippen LogP contribution < -0.4 is 14.8 Å². The number of carbonyl (C=O) groups is 1. The van der Waals surface area contributed by atoms with E-state index in [9.17, 15) is 4.79 Å². The molecule has 3 aromatic rings. The van der Waals surface area contributed by atoms with Gasteiger partial charge in [-0.25, -0.2) is 0 Å². The minimum Gasteiger partial charge on any atom is -0.497 e. The number of methoxy groups -OCH3 is 2. The minimum absolute atomic E-state index is 0.227. The minimum atomic E-state index is -0.295. The molecule has 0 bridgehead atoms. The van der Waals surface area contributed by atoms with Gasteiger partial charge in [-0.1, -0.05) is 17.3 Å². The predicted molar refractivity (Wildman–Crippen MR) is 89.4 cm³/mol. The fourth-order valence-electron chi connectivity index (χ4n) is 2.35. The molecule has 0 aliphatic heterocycles. The first kappa shape index (κ1) is 16.6. The molecule has 0 saturated heterocycles. The highest BCUT2D eigenvalue weighted by atomic mass is 16.5. The molecule has 1 aromatic carbocycles. The zero-order valence-corrected chi connectivity index (χ0v) is 14.1. The van der Waals surface area contributed by atoms with Gasteiger partial charge in [0.1, 0.15) is 17.0 Å². The van der Waals surface area contributed by atoms with Gasteiger partial charge in [-0.05, 0) is 12.1 Å². The molecule has 0 spiro atoms. The van der Waals surface area contributed by atoms with Crippen LogP contribution in [0.2, 0.25) is 0 Å². The second-order valence-electron chi connectivity index (χ2n) is 5.32. The van der Waals surface area contributed by atoms with E-state index in [4.69, 9.17) is 14.0 Å². The summed E-state index contributed by atoms with van der Waals surface area (Å²) < 4.78 is 17.1. The van der Waals surface area contributed by atoms with E-state index in [1.165, 1.54) is 11.8 Å². The van der Waals surface area contributed by atoms with E-state index in [1.54, 1.807) is 26.4 Å². The Labute approximate surface area is 144 Å². The van der Waals surface area contributed by atoms with Gasteiger partial charge in [-0.15, -0.1) is 5.10 Å². The first-order valence-corrected chi connectivity index (χ1v) is 7.56. The Morgan fingerprint density at radius 3 is 2.88 bits per heavy atom. The third kappa shape index (κ3) is 3.63. The predicted octanol–water partition coefficient (Wildman–Crippen LogP) is 2.02. The van der Waals surface area contributed by atoms with Crippen LogP contribution >= 0.6 is 0 Å². The Hall–Kier alpha value is -3.29. The monoisotopic (exact) mass is 342 g/mol. The molecule has 8 heteroatoms. The number of carbonyl (C=O) groups excluding carboxylic acids is 1. The first-order valence-electron chi connectivity index (χ1n) is 7.56. The number of aryl methyl sites for hydroxylation is 1. The second kappa shape index (κ2) is 7.08. The van der Waals surface area contributed by atoms with Crippen molar-refractivity contribution in [3.8, 4) is 23.0 Å². The topological polar surface area (TPSA) is 91.4 Å². The van der Waals surface area contributed by atoms with Crippen LogP contribution in [0.15, 0.2) is 41.1 Å². The molecule has 0 aliphatic rings. The van der Waals surface area contributed by atoms with Crippen molar-refractivity contribution in [2.75, 3.05) is 14.2 Å². The molecule has 0 unspecified atom stereocenters. The van der Waals surface area contributed by atoms with Crippen LogP contribution in [-0.4, -0.2) is 35.1 Å². The number of amides is 1. The van der Waals surface area contributed by atoms with Crippen LogP contribution in [0, 0.1) is 0 Å². The van der Waals surface area contributed by atoms with Gasteiger partial charge in [0.2, 0.25) is 5.88 Å². The zero-order valence-electron chi connectivity index (χ0n) is 14.1. The van der Waals surface area contributed by atoms with Crippen molar-refractivity contribution in [1.29, 1.82) is 0 Å². The van der Waals surface area contributed by atoms with E-state index in [1.807, 2.05) is 24.3 Å². The lowest BCUT2D eigenvalue weighted by molar-refractivity contribution is 0.0947. The van der Waals surface area contributed by atoms with E-state index in [0.717, 1.165) is 11.3 Å². The molecule has 8 nitrogen and oxygen atoms in total. The van der Waals surface area contributed by atoms with Gasteiger partial charge >= 0.3 is 0 Å². The summed E-state index contributed by atoms with van der Waals surface area (Å²) in [7, 11) is 4.79. The van der Waals surface area contributed by atoms with Gasteiger partial charge in [-0.3, -0.25) is 9.48 Å². The van der Waals surface area contributed by atoms with Crippen molar-refractivity contribution in [1.82, 2.24) is 20.3 Å². The summed E-state index contributed by atoms with van der Waals surface area (Å²) in [5, 5.41) is 10.8. The standard InChI is InChI=1S/C17H18N4O4/c1-21-10-14(17(19-21)24-3)16(22)18-9-12-8-15(25-20-12)11-5-4-6-13(7-11)23-2/h4-8,10H,9H2,1-3H3,(H,18,22). The van der Waals surface area contributed by atoms with Crippen molar-refractivity contribution in [2.45, 2.75) is 6.54 Å². The Morgan fingerprint density at radius 1 is 1.28 bits per heavy atom. The smallest absolute Gasteiger partial charge is 0.258 e. The number of nitrogens with zero attached hydrogens (tertiary/aromatic N) is 3. The number of rotatable bonds is 6. The summed E-state index contributed by atoms with van der Waals surface area (Å²) in [6.07, 6.45) is 1.60. The Morgan fingerprint density at radius 2 is 2.12 bits per heavy atom. The van der Waals surface area contributed by atoms with Crippen LogP contribution in [0.25, 0.3) is 11.3 Å². The van der Waals surface area contributed by atoms with Crippen molar-refractivity contribution in [2.24, 2.45) is 7.05 Å². The van der Waals surface area contributed by atoms with Gasteiger partial charge < -0.3 is 19.3 Å². The quantitative estimate of drug-likeness (QED) is 0.737. The van der Waals surface area contributed by atoms with Crippen LogP contribution in [-0.2, 0) is 13.6 Å². The fraction of sp³-hybridized carbons (Fsp3) is 0.235. The van der Waals surface area contributed by atoms with Gasteiger partial charge in [0.25, 0.3) is 5.91 Å². The van der Waals surface area contributed by atoms with Crippen LogP contribution in [0.4, 0.5) is 0 Å². The summed E-state index contributed by atoms with van der Waals surface area (Å²) in [6.45, 7) is 0.227. The van der Waals surface area contributed by atoms with Crippen molar-refractivity contribution in [3.05, 3.63) is 47.8 Å². The highest BCUT2D eigenvalue weighted by Crippen LogP contribution is 2.24. The third-order valence-electron chi connectivity index (χ3n) is 3.58. The summed E-state index contributed by atoms with van der Waals surface area (Å²) in [6, 6.07) is 9.24. The van der Waals surface area contributed by atoms with E-state index in [2.05, 4.69) is 15.6 Å². The van der Waals surface area contributed by atoms with Gasteiger partial charge in [0.05, 0.1) is 20.8 Å². The third-order valence-corrected chi connectivity index (χ3v) is 3.58. The molecule has 25 heavy (non-hydrogen) atoms. The number of hydrogen-bond donors (Lipinski definition) is 1. The molecule has 0 saturated carbocycles. The maximum absolute atomic E-state index is 12.3. The van der Waals surface area contributed by atoms with E-state index in [0.29, 0.717) is 17.0 Å². The van der Waals surface area contributed by atoms with Crippen molar-refractivity contribution in [3.63, 3.8) is 0 Å². The zero-order chi connectivity index (χ0) is 17.8. The highest BCUT2D eigenvalue weighted by molar-refractivity contribution is 5.96. The van der Waals surface area contributed by atoms with Gasteiger partial charge in [0, 0.05) is 24.9 Å². The molecular weight excluding hydrogens is 324 g/mol. The molecule has 3 rings (SSSR count). The van der Waals surface area contributed by atoms with Crippen molar-refractivity contribution < 1.29 is 18.8 Å². The fourth-order valence-corrected chi connectivity index (χ4v) is 2.35. The molecule has 1 amide bonds. The Balaban J connectivity index is 1.68. The molecule has 0 atom stereocenters. The molecule has 1 N–H and O–H groups in total. The lowest BCUT2D eigenvalue weighted by atomic mass is 10.1. The molecule has 0 aliphatic carbocycles. The average Bonchev–Trinajstić information content (AvgIpc) is 3.26. The highest BCUT2D eigenvalue weighted by Gasteiger charge is 2.17. The van der Waals surface area contributed by atoms with E-state index >= 15 is 0 Å². The molecule has 0 fully saturated rings. The molecule has 2 heterocycles. The van der Waals surface area contributed by atoms with E-state index < -0.39 is 0 Å². The summed E-state index contributed by atoms with van der Waals surface area (Å²) in [4.78, 5) is 12.3. The van der Waals surface area contributed by atoms with Gasteiger partial charge in [-0.2, -0.15) is 0 Å². The Kier molecular flexibility index (Phi) is 4.69. The Bertz CT molecular complexity index is 884. The maximum Gasteiger partial charge on any atom is 0.258 e. The van der Waals surface area contributed by atoms with Crippen LogP contribution in [0.3, 0.4) is 0 Å². The SMILES string of the molecule is COc1cccc(-c2cc(CNC(=O)c3cn(C)nc3OC)no2)c1. The van der Waals surface area contributed by atoms with Crippen molar-refractivity contribution >= 4 is 5.91 Å². The summed E-state index contributed by atoms with van der Waals surface area (Å²) in [5.41, 5.74) is 1.81. The van der Waals surface area contributed by atoms with Crippen LogP contribution in [0.5, 0.6) is 11.6 Å². The summed E-state index contributed by atoms with van der Waals surface area (Å²) in [5.74, 6) is 1.31.